The van der Waals surface area contributed by atoms with Crippen LogP contribution in [0.25, 0.3) is 0 Å². The Morgan fingerprint density at radius 2 is 1.54 bits per heavy atom. The molecule has 24 heavy (non-hydrogen) atoms. The lowest BCUT2D eigenvalue weighted by Gasteiger charge is -2.32. The molecule has 2 aromatic carbocycles. The molecular formula is C20H26N2O2. The number of rotatable bonds is 6. The third-order valence-corrected chi connectivity index (χ3v) is 4.33. The van der Waals surface area contributed by atoms with E-state index in [0.29, 0.717) is 6.61 Å². The van der Waals surface area contributed by atoms with Crippen molar-refractivity contribution in [2.45, 2.75) is 13.5 Å². The fourth-order valence-corrected chi connectivity index (χ4v) is 2.88. The van der Waals surface area contributed by atoms with Crippen LogP contribution in [0.15, 0.2) is 48.5 Å². The number of benzene rings is 2. The Balaban J connectivity index is 1.67. The summed E-state index contributed by atoms with van der Waals surface area (Å²) >= 11 is 0. The first-order valence-corrected chi connectivity index (χ1v) is 8.64. The number of hydrogen-bond acceptors (Lipinski definition) is 4. The van der Waals surface area contributed by atoms with Gasteiger partial charge in [-0.1, -0.05) is 18.2 Å². The van der Waals surface area contributed by atoms with Crippen LogP contribution in [0.5, 0.6) is 17.2 Å². The molecule has 0 atom stereocenters. The Morgan fingerprint density at radius 3 is 2.25 bits per heavy atom. The van der Waals surface area contributed by atoms with Gasteiger partial charge in [0.25, 0.3) is 0 Å². The quantitative estimate of drug-likeness (QED) is 0.809. The Kier molecular flexibility index (Phi) is 5.72. The number of nitrogens with zero attached hydrogens (tertiary/aromatic N) is 2. The first-order valence-electron chi connectivity index (χ1n) is 8.64. The zero-order valence-electron chi connectivity index (χ0n) is 14.6. The minimum Gasteiger partial charge on any atom is -0.494 e. The van der Waals surface area contributed by atoms with E-state index in [1.54, 1.807) is 0 Å². The van der Waals surface area contributed by atoms with Crippen molar-refractivity contribution in [3.63, 3.8) is 0 Å². The summed E-state index contributed by atoms with van der Waals surface area (Å²) in [6.45, 7) is 8.06. The lowest BCUT2D eigenvalue weighted by molar-refractivity contribution is 0.147. The molecule has 0 unspecified atom stereocenters. The van der Waals surface area contributed by atoms with Crippen molar-refractivity contribution in [1.82, 2.24) is 9.80 Å². The molecule has 4 nitrogen and oxygen atoms in total. The predicted octanol–water partition coefficient (Wildman–Crippen LogP) is 3.63. The molecule has 3 rings (SSSR count). The van der Waals surface area contributed by atoms with Gasteiger partial charge in [0.15, 0.2) is 0 Å². The van der Waals surface area contributed by atoms with Gasteiger partial charge in [0, 0.05) is 38.3 Å². The fraction of sp³-hybridized carbons (Fsp3) is 0.400. The van der Waals surface area contributed by atoms with Crippen LogP contribution in [-0.2, 0) is 6.54 Å². The summed E-state index contributed by atoms with van der Waals surface area (Å²) in [6, 6.07) is 16.1. The molecule has 0 spiro atoms. The highest BCUT2D eigenvalue weighted by Gasteiger charge is 2.15. The Bertz CT molecular complexity index is 634. The Morgan fingerprint density at radius 1 is 0.875 bits per heavy atom. The van der Waals surface area contributed by atoms with Crippen molar-refractivity contribution >= 4 is 0 Å². The van der Waals surface area contributed by atoms with Crippen LogP contribution in [0.1, 0.15) is 12.5 Å². The highest BCUT2D eigenvalue weighted by Crippen LogP contribution is 2.28. The highest BCUT2D eigenvalue weighted by atomic mass is 16.5. The van der Waals surface area contributed by atoms with Gasteiger partial charge in [-0.2, -0.15) is 0 Å². The molecule has 0 radical (unpaired) electrons. The topological polar surface area (TPSA) is 24.9 Å². The second-order valence-electron chi connectivity index (χ2n) is 6.19. The van der Waals surface area contributed by atoms with Crippen molar-refractivity contribution in [2.24, 2.45) is 0 Å². The van der Waals surface area contributed by atoms with Crippen LogP contribution in [-0.4, -0.2) is 49.6 Å². The summed E-state index contributed by atoms with van der Waals surface area (Å²) in [6.07, 6.45) is 0. The van der Waals surface area contributed by atoms with E-state index in [2.05, 4.69) is 29.0 Å². The normalized spacial score (nSPS) is 16.1. The number of hydrogen-bond donors (Lipinski definition) is 0. The van der Waals surface area contributed by atoms with Crippen molar-refractivity contribution < 1.29 is 9.47 Å². The summed E-state index contributed by atoms with van der Waals surface area (Å²) in [5.74, 6) is 2.64. The minimum absolute atomic E-state index is 0.675. The zero-order chi connectivity index (χ0) is 16.8. The van der Waals surface area contributed by atoms with Crippen molar-refractivity contribution in [1.29, 1.82) is 0 Å². The van der Waals surface area contributed by atoms with E-state index in [9.17, 15) is 0 Å². The number of para-hydroxylation sites is 1. The second kappa shape index (κ2) is 8.18. The van der Waals surface area contributed by atoms with Crippen molar-refractivity contribution in [3.8, 4) is 17.2 Å². The fourth-order valence-electron chi connectivity index (χ4n) is 2.88. The van der Waals surface area contributed by atoms with Gasteiger partial charge in [-0.05, 0) is 44.3 Å². The minimum atomic E-state index is 0.675. The van der Waals surface area contributed by atoms with Crippen LogP contribution in [0.2, 0.25) is 0 Å². The molecular weight excluding hydrogens is 300 g/mol. The SMILES string of the molecule is CCOc1ccc(Oc2ccccc2CN2CCN(C)CC2)cc1. The van der Waals surface area contributed by atoms with Gasteiger partial charge < -0.3 is 14.4 Å². The maximum absolute atomic E-state index is 6.11. The molecule has 0 N–H and O–H groups in total. The molecule has 0 aliphatic carbocycles. The Labute approximate surface area is 144 Å². The smallest absolute Gasteiger partial charge is 0.131 e. The second-order valence-corrected chi connectivity index (χ2v) is 6.19. The van der Waals surface area contributed by atoms with Crippen LogP contribution < -0.4 is 9.47 Å². The molecule has 1 fully saturated rings. The molecule has 0 aromatic heterocycles. The van der Waals surface area contributed by atoms with Gasteiger partial charge in [-0.25, -0.2) is 0 Å². The maximum atomic E-state index is 6.11. The number of likely N-dealkylation sites (N-methyl/N-ethyl adjacent to an activating group) is 1. The van der Waals surface area contributed by atoms with E-state index in [-0.39, 0.29) is 0 Å². The van der Waals surface area contributed by atoms with Gasteiger partial charge >= 0.3 is 0 Å². The molecule has 0 saturated carbocycles. The first kappa shape index (κ1) is 16.8. The van der Waals surface area contributed by atoms with Gasteiger partial charge in [0.05, 0.1) is 6.61 Å². The van der Waals surface area contributed by atoms with Crippen molar-refractivity contribution in [2.75, 3.05) is 39.8 Å². The van der Waals surface area contributed by atoms with Crippen LogP contribution >= 0.6 is 0 Å². The van der Waals surface area contributed by atoms with E-state index in [1.807, 2.05) is 43.3 Å². The molecule has 4 heteroatoms. The standard InChI is InChI=1S/C20H26N2O2/c1-3-23-18-8-10-19(11-9-18)24-20-7-5-4-6-17(20)16-22-14-12-21(2)13-15-22/h4-11H,3,12-16H2,1-2H3. The molecule has 128 valence electrons. The van der Waals surface area contributed by atoms with E-state index >= 15 is 0 Å². The summed E-state index contributed by atoms with van der Waals surface area (Å²) in [4.78, 5) is 4.86. The summed E-state index contributed by atoms with van der Waals surface area (Å²) in [5.41, 5.74) is 1.23. The summed E-state index contributed by atoms with van der Waals surface area (Å²) in [5, 5.41) is 0. The van der Waals surface area contributed by atoms with Gasteiger partial charge in [0.2, 0.25) is 0 Å². The van der Waals surface area contributed by atoms with E-state index in [1.165, 1.54) is 5.56 Å². The van der Waals surface area contributed by atoms with Gasteiger partial charge in [0.1, 0.15) is 17.2 Å². The number of ether oxygens (including phenoxy) is 2. The molecule has 1 heterocycles. The molecule has 1 aliphatic rings. The van der Waals surface area contributed by atoms with Gasteiger partial charge in [-0.15, -0.1) is 0 Å². The predicted molar refractivity (Wildman–Crippen MR) is 96.9 cm³/mol. The monoisotopic (exact) mass is 326 g/mol. The van der Waals surface area contributed by atoms with Crippen molar-refractivity contribution in [3.05, 3.63) is 54.1 Å². The molecule has 2 aromatic rings. The number of piperazine rings is 1. The molecule has 0 bridgehead atoms. The molecule has 1 saturated heterocycles. The van der Waals surface area contributed by atoms with Crippen LogP contribution in [0, 0.1) is 0 Å². The third kappa shape index (κ3) is 4.49. The third-order valence-electron chi connectivity index (χ3n) is 4.33. The highest BCUT2D eigenvalue weighted by molar-refractivity contribution is 5.39. The lowest BCUT2D eigenvalue weighted by atomic mass is 10.1. The first-order chi connectivity index (χ1) is 11.7. The van der Waals surface area contributed by atoms with E-state index in [0.717, 1.165) is 50.0 Å². The average molecular weight is 326 g/mol. The average Bonchev–Trinajstić information content (AvgIpc) is 2.61. The molecule has 0 amide bonds. The zero-order valence-corrected chi connectivity index (χ0v) is 14.6. The maximum Gasteiger partial charge on any atom is 0.131 e. The lowest BCUT2D eigenvalue weighted by Crippen LogP contribution is -2.43. The molecule has 1 aliphatic heterocycles. The van der Waals surface area contributed by atoms with E-state index < -0.39 is 0 Å². The summed E-state index contributed by atoms with van der Waals surface area (Å²) in [7, 11) is 2.18. The van der Waals surface area contributed by atoms with Crippen LogP contribution in [0.3, 0.4) is 0 Å². The largest absolute Gasteiger partial charge is 0.494 e. The summed E-state index contributed by atoms with van der Waals surface area (Å²) < 4.78 is 11.6. The Hall–Kier alpha value is -2.04. The van der Waals surface area contributed by atoms with E-state index in [4.69, 9.17) is 9.47 Å². The van der Waals surface area contributed by atoms with Gasteiger partial charge in [-0.3, -0.25) is 4.90 Å². The van der Waals surface area contributed by atoms with Crippen LogP contribution in [0.4, 0.5) is 0 Å².